The van der Waals surface area contributed by atoms with Crippen molar-refractivity contribution in [2.75, 3.05) is 6.54 Å². The fourth-order valence-electron chi connectivity index (χ4n) is 5.35. The maximum Gasteiger partial charge on any atom is 0.308 e. The number of rotatable bonds is 4. The summed E-state index contributed by atoms with van der Waals surface area (Å²) in [7, 11) is 0. The van der Waals surface area contributed by atoms with Crippen molar-refractivity contribution in [3.63, 3.8) is 0 Å². The van der Waals surface area contributed by atoms with Gasteiger partial charge in [0.25, 0.3) is 0 Å². The number of nitrogens with zero attached hydrogens (tertiary/aromatic N) is 1. The Morgan fingerprint density at radius 1 is 1.04 bits per heavy atom. The lowest BCUT2D eigenvalue weighted by Crippen LogP contribution is -2.37. The molecule has 1 aliphatic carbocycles. The zero-order chi connectivity index (χ0) is 15.8. The third kappa shape index (κ3) is 2.91. The molecule has 124 valence electrons. The fraction of sp³-hybridized carbons (Fsp3) is 0.650. The number of carboxylic acids is 1. The highest BCUT2D eigenvalue weighted by atomic mass is 16.4. The van der Waals surface area contributed by atoms with Crippen molar-refractivity contribution >= 4 is 5.97 Å². The molecule has 2 saturated heterocycles. The SMILES string of the molecule is O=C(O)C1CC2CCC1N2CC1CCC(c2ccccc2)CC1. The summed E-state index contributed by atoms with van der Waals surface area (Å²) in [6.07, 6.45) is 8.38. The quantitative estimate of drug-likeness (QED) is 0.916. The average Bonchev–Trinajstić information content (AvgIpc) is 3.13. The van der Waals surface area contributed by atoms with Crippen LogP contribution >= 0.6 is 0 Å². The Morgan fingerprint density at radius 2 is 1.78 bits per heavy atom. The van der Waals surface area contributed by atoms with Crippen LogP contribution in [0.5, 0.6) is 0 Å². The number of fused-ring (bicyclic) bond motifs is 2. The number of carbonyl (C=O) groups is 1. The summed E-state index contributed by atoms with van der Waals surface area (Å²) in [6.45, 7) is 1.14. The molecule has 3 heteroatoms. The van der Waals surface area contributed by atoms with E-state index in [0.717, 1.165) is 31.2 Å². The minimum atomic E-state index is -0.574. The summed E-state index contributed by atoms with van der Waals surface area (Å²) >= 11 is 0. The molecule has 0 aromatic heterocycles. The van der Waals surface area contributed by atoms with Gasteiger partial charge in [-0.3, -0.25) is 9.69 Å². The largest absolute Gasteiger partial charge is 0.481 e. The van der Waals surface area contributed by atoms with Crippen LogP contribution in [0, 0.1) is 11.8 Å². The molecule has 4 rings (SSSR count). The highest BCUT2D eigenvalue weighted by Gasteiger charge is 2.49. The van der Waals surface area contributed by atoms with Crippen molar-refractivity contribution < 1.29 is 9.90 Å². The van der Waals surface area contributed by atoms with E-state index in [-0.39, 0.29) is 5.92 Å². The Kier molecular flexibility index (Phi) is 4.14. The molecule has 1 aromatic rings. The molecule has 3 nitrogen and oxygen atoms in total. The van der Waals surface area contributed by atoms with Crippen LogP contribution in [0.4, 0.5) is 0 Å². The second kappa shape index (κ2) is 6.27. The second-order valence-corrected chi connectivity index (χ2v) is 7.80. The number of hydrogen-bond donors (Lipinski definition) is 1. The molecule has 2 aliphatic heterocycles. The van der Waals surface area contributed by atoms with Crippen LogP contribution in [0.15, 0.2) is 30.3 Å². The van der Waals surface area contributed by atoms with Crippen LogP contribution in [0.2, 0.25) is 0 Å². The molecule has 3 atom stereocenters. The smallest absolute Gasteiger partial charge is 0.308 e. The highest BCUT2D eigenvalue weighted by molar-refractivity contribution is 5.71. The maximum absolute atomic E-state index is 11.4. The van der Waals surface area contributed by atoms with Gasteiger partial charge in [-0.2, -0.15) is 0 Å². The van der Waals surface area contributed by atoms with E-state index >= 15 is 0 Å². The van der Waals surface area contributed by atoms with Crippen molar-refractivity contribution in [3.05, 3.63) is 35.9 Å². The normalized spacial score (nSPS) is 37.1. The van der Waals surface area contributed by atoms with E-state index in [4.69, 9.17) is 0 Å². The third-order valence-corrected chi connectivity index (χ3v) is 6.59. The first-order chi connectivity index (χ1) is 11.2. The number of aliphatic carboxylic acids is 1. The highest BCUT2D eigenvalue weighted by Crippen LogP contribution is 2.44. The van der Waals surface area contributed by atoms with Gasteiger partial charge in [0.15, 0.2) is 0 Å². The van der Waals surface area contributed by atoms with E-state index in [1.165, 1.54) is 37.7 Å². The Hall–Kier alpha value is -1.35. The molecule has 1 aromatic carbocycles. The summed E-state index contributed by atoms with van der Waals surface area (Å²) in [5.74, 6) is 0.824. The molecule has 0 spiro atoms. The predicted molar refractivity (Wildman–Crippen MR) is 90.4 cm³/mol. The van der Waals surface area contributed by atoms with Gasteiger partial charge in [-0.05, 0) is 62.3 Å². The first-order valence-electron chi connectivity index (χ1n) is 9.26. The summed E-state index contributed by atoms with van der Waals surface area (Å²) < 4.78 is 0. The minimum Gasteiger partial charge on any atom is -0.481 e. The van der Waals surface area contributed by atoms with Crippen molar-refractivity contribution in [1.29, 1.82) is 0 Å². The van der Waals surface area contributed by atoms with Gasteiger partial charge in [0.05, 0.1) is 5.92 Å². The molecule has 1 saturated carbocycles. The topological polar surface area (TPSA) is 40.5 Å². The van der Waals surface area contributed by atoms with Crippen molar-refractivity contribution in [2.24, 2.45) is 11.8 Å². The zero-order valence-electron chi connectivity index (χ0n) is 13.7. The van der Waals surface area contributed by atoms with E-state index < -0.39 is 5.97 Å². The summed E-state index contributed by atoms with van der Waals surface area (Å²) in [5, 5.41) is 9.39. The van der Waals surface area contributed by atoms with Gasteiger partial charge in [0, 0.05) is 18.6 Å². The Balaban J connectivity index is 1.33. The van der Waals surface area contributed by atoms with Crippen LogP contribution in [-0.2, 0) is 4.79 Å². The van der Waals surface area contributed by atoms with Gasteiger partial charge in [0.2, 0.25) is 0 Å². The Labute approximate surface area is 138 Å². The van der Waals surface area contributed by atoms with Crippen LogP contribution < -0.4 is 0 Å². The van der Waals surface area contributed by atoms with Gasteiger partial charge in [0.1, 0.15) is 0 Å². The summed E-state index contributed by atoms with van der Waals surface area (Å²) in [5.41, 5.74) is 1.50. The van der Waals surface area contributed by atoms with Crippen molar-refractivity contribution in [2.45, 2.75) is 62.9 Å². The first kappa shape index (κ1) is 15.2. The molecule has 0 radical (unpaired) electrons. The summed E-state index contributed by atoms with van der Waals surface area (Å²) in [6, 6.07) is 11.8. The molecule has 0 amide bonds. The van der Waals surface area contributed by atoms with Gasteiger partial charge >= 0.3 is 5.97 Å². The van der Waals surface area contributed by atoms with E-state index in [1.54, 1.807) is 0 Å². The zero-order valence-corrected chi connectivity index (χ0v) is 13.7. The van der Waals surface area contributed by atoms with Crippen LogP contribution in [0.1, 0.15) is 56.4 Å². The van der Waals surface area contributed by atoms with E-state index in [9.17, 15) is 9.90 Å². The molecule has 1 N–H and O–H groups in total. The Bertz CT molecular complexity index is 550. The van der Waals surface area contributed by atoms with Gasteiger partial charge < -0.3 is 5.11 Å². The fourth-order valence-corrected chi connectivity index (χ4v) is 5.35. The molecule has 2 bridgehead atoms. The van der Waals surface area contributed by atoms with E-state index in [1.807, 2.05) is 0 Å². The van der Waals surface area contributed by atoms with Gasteiger partial charge in [-0.1, -0.05) is 30.3 Å². The van der Waals surface area contributed by atoms with Gasteiger partial charge in [-0.15, -0.1) is 0 Å². The van der Waals surface area contributed by atoms with Gasteiger partial charge in [-0.25, -0.2) is 0 Å². The third-order valence-electron chi connectivity index (χ3n) is 6.59. The number of carboxylic acid groups (broad SMARTS) is 1. The van der Waals surface area contributed by atoms with Crippen LogP contribution in [0.3, 0.4) is 0 Å². The van der Waals surface area contributed by atoms with Crippen LogP contribution in [0.25, 0.3) is 0 Å². The molecule has 2 heterocycles. The predicted octanol–water partition coefficient (Wildman–Crippen LogP) is 3.90. The Morgan fingerprint density at radius 3 is 2.43 bits per heavy atom. The number of benzene rings is 1. The van der Waals surface area contributed by atoms with Crippen molar-refractivity contribution in [1.82, 2.24) is 4.90 Å². The molecule has 23 heavy (non-hydrogen) atoms. The van der Waals surface area contributed by atoms with Crippen LogP contribution in [-0.4, -0.2) is 34.6 Å². The molecule has 3 fully saturated rings. The standard InChI is InChI=1S/C20H27NO2/c22-20(23)18-12-17-10-11-19(18)21(17)13-14-6-8-16(9-7-14)15-4-2-1-3-5-15/h1-5,14,16-19H,6-13H2,(H,22,23). The first-order valence-corrected chi connectivity index (χ1v) is 9.26. The monoisotopic (exact) mass is 313 g/mol. The second-order valence-electron chi connectivity index (χ2n) is 7.80. The summed E-state index contributed by atoms with van der Waals surface area (Å²) in [4.78, 5) is 14.0. The maximum atomic E-state index is 11.4. The molecular weight excluding hydrogens is 286 g/mol. The average molecular weight is 313 g/mol. The van der Waals surface area contributed by atoms with Crippen molar-refractivity contribution in [3.8, 4) is 0 Å². The minimum absolute atomic E-state index is 0.102. The van der Waals surface area contributed by atoms with E-state index in [0.29, 0.717) is 12.1 Å². The lowest BCUT2D eigenvalue weighted by Gasteiger charge is -2.33. The molecule has 3 aliphatic rings. The molecular formula is C20H27NO2. The number of hydrogen-bond acceptors (Lipinski definition) is 2. The lowest BCUT2D eigenvalue weighted by molar-refractivity contribution is -0.142. The molecule has 3 unspecified atom stereocenters. The lowest BCUT2D eigenvalue weighted by atomic mass is 9.78. The van der Waals surface area contributed by atoms with E-state index in [2.05, 4.69) is 35.2 Å².